The van der Waals surface area contributed by atoms with Gasteiger partial charge in [0.1, 0.15) is 5.76 Å². The Labute approximate surface area is 187 Å². The van der Waals surface area contributed by atoms with Crippen molar-refractivity contribution >= 4 is 17.3 Å². The summed E-state index contributed by atoms with van der Waals surface area (Å²) in [6.45, 7) is 1.55. The van der Waals surface area contributed by atoms with Gasteiger partial charge >= 0.3 is 0 Å². The molecule has 4 rings (SSSR count). The highest BCUT2D eigenvalue weighted by atomic mass is 16.3. The van der Waals surface area contributed by atoms with E-state index in [0.29, 0.717) is 16.8 Å². The van der Waals surface area contributed by atoms with E-state index in [1.54, 1.807) is 45.4 Å². The van der Waals surface area contributed by atoms with Gasteiger partial charge in [0.25, 0.3) is 5.91 Å². The van der Waals surface area contributed by atoms with Gasteiger partial charge in [-0.25, -0.2) is 0 Å². The molecule has 2 aromatic rings. The molecule has 1 unspecified atom stereocenters. The molecule has 0 bridgehead atoms. The van der Waals surface area contributed by atoms with Crippen LogP contribution in [0, 0.1) is 5.92 Å². The number of carbonyl (C=O) groups excluding carboxylic acids is 2. The van der Waals surface area contributed by atoms with Crippen LogP contribution in [0.2, 0.25) is 0 Å². The van der Waals surface area contributed by atoms with Crippen molar-refractivity contribution in [2.45, 2.75) is 6.92 Å². The monoisotopic (exact) mass is 424 g/mol. The summed E-state index contributed by atoms with van der Waals surface area (Å²) >= 11 is 0. The van der Waals surface area contributed by atoms with E-state index in [1.165, 1.54) is 4.90 Å². The number of benzene rings is 1. The molecule has 1 atom stereocenters. The fourth-order valence-corrected chi connectivity index (χ4v) is 3.76. The Morgan fingerprint density at radius 2 is 1.72 bits per heavy atom. The van der Waals surface area contributed by atoms with Gasteiger partial charge in [0.15, 0.2) is 5.78 Å². The SMILES string of the molecule is CC(=O)c1ccc(-c2ccc(C3=CC4C=CC=CC4=C(O)C(C(=O)N(C)C)=C3)nc2)cc1. The third-order valence-electron chi connectivity index (χ3n) is 5.57. The number of ketones is 1. The third kappa shape index (κ3) is 4.10. The second-order valence-corrected chi connectivity index (χ2v) is 8.02. The second kappa shape index (κ2) is 8.63. The fourth-order valence-electron chi connectivity index (χ4n) is 3.76. The molecule has 2 aliphatic carbocycles. The van der Waals surface area contributed by atoms with E-state index in [2.05, 4.69) is 4.98 Å². The topological polar surface area (TPSA) is 70.5 Å². The summed E-state index contributed by atoms with van der Waals surface area (Å²) in [5.74, 6) is -0.406. The van der Waals surface area contributed by atoms with Crippen molar-refractivity contribution in [3.63, 3.8) is 0 Å². The van der Waals surface area contributed by atoms with Gasteiger partial charge < -0.3 is 10.0 Å². The Kier molecular flexibility index (Phi) is 5.73. The van der Waals surface area contributed by atoms with Crippen LogP contribution in [-0.2, 0) is 4.79 Å². The Morgan fingerprint density at radius 3 is 2.34 bits per heavy atom. The fraction of sp³-hybridized carbons (Fsp3) is 0.148. The summed E-state index contributed by atoms with van der Waals surface area (Å²) in [7, 11) is 3.32. The van der Waals surface area contributed by atoms with Crippen LogP contribution in [0.15, 0.2) is 96.0 Å². The number of carbonyl (C=O) groups is 2. The number of Topliss-reactive ketones (excluding diaryl/α,β-unsaturated/α-hetero) is 1. The van der Waals surface area contributed by atoms with Crippen LogP contribution in [0.4, 0.5) is 0 Å². The molecule has 0 saturated carbocycles. The maximum atomic E-state index is 12.8. The van der Waals surface area contributed by atoms with Crippen LogP contribution in [-0.4, -0.2) is 40.8 Å². The number of pyridine rings is 1. The zero-order valence-corrected chi connectivity index (χ0v) is 18.2. The number of hydrogen-bond acceptors (Lipinski definition) is 4. The standard InChI is InChI=1S/C27H24N2O3/c1-17(30)18-8-10-19(11-9-18)21-12-13-25(28-16-21)22-14-20-6-4-5-7-23(20)26(31)24(15-22)27(32)29(2)3/h4-16,20,31H,1-3H3. The average Bonchev–Trinajstić information content (AvgIpc) is 2.95. The van der Waals surface area contributed by atoms with Crippen molar-refractivity contribution in [2.75, 3.05) is 14.1 Å². The molecule has 0 spiro atoms. The molecular weight excluding hydrogens is 400 g/mol. The molecular formula is C27H24N2O3. The Morgan fingerprint density at radius 1 is 1.00 bits per heavy atom. The summed E-state index contributed by atoms with van der Waals surface area (Å²) in [6, 6.07) is 11.3. The summed E-state index contributed by atoms with van der Waals surface area (Å²) < 4.78 is 0. The highest BCUT2D eigenvalue weighted by Gasteiger charge is 2.26. The first-order chi connectivity index (χ1) is 15.3. The zero-order valence-electron chi connectivity index (χ0n) is 18.2. The van der Waals surface area contributed by atoms with Crippen LogP contribution in [0.3, 0.4) is 0 Å². The highest BCUT2D eigenvalue weighted by molar-refractivity contribution is 6.00. The van der Waals surface area contributed by atoms with Crippen molar-refractivity contribution in [3.05, 3.63) is 107 Å². The third-order valence-corrected chi connectivity index (χ3v) is 5.57. The summed E-state index contributed by atoms with van der Waals surface area (Å²) in [6.07, 6.45) is 13.1. The molecule has 0 fully saturated rings. The molecule has 1 N–H and O–H groups in total. The van der Waals surface area contributed by atoms with Gasteiger partial charge in [-0.15, -0.1) is 0 Å². The quantitative estimate of drug-likeness (QED) is 0.708. The van der Waals surface area contributed by atoms with E-state index >= 15 is 0 Å². The van der Waals surface area contributed by atoms with Gasteiger partial charge in [-0.3, -0.25) is 14.6 Å². The minimum absolute atomic E-state index is 0.0114. The summed E-state index contributed by atoms with van der Waals surface area (Å²) in [5, 5.41) is 10.9. The molecule has 1 heterocycles. The molecule has 5 heteroatoms. The lowest BCUT2D eigenvalue weighted by atomic mass is 9.91. The lowest BCUT2D eigenvalue weighted by molar-refractivity contribution is -0.124. The summed E-state index contributed by atoms with van der Waals surface area (Å²) in [4.78, 5) is 30.4. The van der Waals surface area contributed by atoms with E-state index < -0.39 is 0 Å². The van der Waals surface area contributed by atoms with Crippen molar-refractivity contribution in [1.29, 1.82) is 0 Å². The molecule has 32 heavy (non-hydrogen) atoms. The highest BCUT2D eigenvalue weighted by Crippen LogP contribution is 2.34. The number of fused-ring (bicyclic) bond motifs is 1. The van der Waals surface area contributed by atoms with E-state index in [0.717, 1.165) is 16.7 Å². The Balaban J connectivity index is 1.72. The van der Waals surface area contributed by atoms with Gasteiger partial charge in [-0.05, 0) is 30.2 Å². The predicted molar refractivity (Wildman–Crippen MR) is 126 cm³/mol. The van der Waals surface area contributed by atoms with Gasteiger partial charge in [-0.1, -0.05) is 60.7 Å². The van der Waals surface area contributed by atoms with Crippen molar-refractivity contribution in [3.8, 4) is 11.1 Å². The minimum atomic E-state index is -0.272. The second-order valence-electron chi connectivity index (χ2n) is 8.02. The molecule has 1 aromatic carbocycles. The molecule has 160 valence electrons. The Bertz CT molecular complexity index is 1220. The number of aliphatic hydroxyl groups is 1. The predicted octanol–water partition coefficient (Wildman–Crippen LogP) is 4.92. The minimum Gasteiger partial charge on any atom is -0.507 e. The maximum Gasteiger partial charge on any atom is 0.257 e. The Hall–Kier alpha value is -3.99. The number of aromatic nitrogens is 1. The van der Waals surface area contributed by atoms with Gasteiger partial charge in [0, 0.05) is 42.9 Å². The van der Waals surface area contributed by atoms with Crippen LogP contribution in [0.1, 0.15) is 23.0 Å². The average molecular weight is 425 g/mol. The normalized spacial score (nSPS) is 17.3. The lowest BCUT2D eigenvalue weighted by Gasteiger charge is -2.16. The zero-order chi connectivity index (χ0) is 22.8. The summed E-state index contributed by atoms with van der Waals surface area (Å²) in [5.41, 5.74) is 4.95. The number of hydrogen-bond donors (Lipinski definition) is 1. The maximum absolute atomic E-state index is 12.8. The van der Waals surface area contributed by atoms with E-state index in [9.17, 15) is 14.7 Å². The molecule has 1 aromatic heterocycles. The number of aliphatic hydroxyl groups excluding tert-OH is 1. The number of rotatable bonds is 4. The lowest BCUT2D eigenvalue weighted by Crippen LogP contribution is -2.25. The van der Waals surface area contributed by atoms with Gasteiger partial charge in [0.2, 0.25) is 0 Å². The van der Waals surface area contributed by atoms with Gasteiger partial charge in [-0.2, -0.15) is 0 Å². The van der Waals surface area contributed by atoms with E-state index in [1.807, 2.05) is 54.6 Å². The smallest absolute Gasteiger partial charge is 0.257 e. The first-order valence-corrected chi connectivity index (χ1v) is 10.4. The molecule has 5 nitrogen and oxygen atoms in total. The number of allylic oxidation sites excluding steroid dienone is 8. The van der Waals surface area contributed by atoms with Gasteiger partial charge in [0.05, 0.1) is 11.3 Å². The molecule has 0 saturated heterocycles. The van der Waals surface area contributed by atoms with E-state index in [4.69, 9.17) is 0 Å². The first-order valence-electron chi connectivity index (χ1n) is 10.4. The van der Waals surface area contributed by atoms with Crippen LogP contribution in [0.25, 0.3) is 16.7 Å². The van der Waals surface area contributed by atoms with Crippen LogP contribution >= 0.6 is 0 Å². The number of amides is 1. The van der Waals surface area contributed by atoms with E-state index in [-0.39, 0.29) is 28.9 Å². The van der Waals surface area contributed by atoms with Crippen LogP contribution in [0.5, 0.6) is 0 Å². The first kappa shape index (κ1) is 21.2. The van der Waals surface area contributed by atoms with Crippen molar-refractivity contribution in [1.82, 2.24) is 9.88 Å². The largest absolute Gasteiger partial charge is 0.507 e. The molecule has 0 radical (unpaired) electrons. The number of nitrogens with zero attached hydrogens (tertiary/aromatic N) is 2. The van der Waals surface area contributed by atoms with Crippen molar-refractivity contribution in [2.24, 2.45) is 5.92 Å². The van der Waals surface area contributed by atoms with Crippen molar-refractivity contribution < 1.29 is 14.7 Å². The molecule has 0 aliphatic heterocycles. The molecule has 1 amide bonds. The molecule has 2 aliphatic rings. The number of likely N-dealkylation sites (N-methyl/N-ethyl adjacent to an activating group) is 1. The van der Waals surface area contributed by atoms with Crippen LogP contribution < -0.4 is 0 Å².